The zero-order valence-corrected chi connectivity index (χ0v) is 18.9. The van der Waals surface area contributed by atoms with Crippen molar-refractivity contribution in [3.63, 3.8) is 0 Å². The minimum Gasteiger partial charge on any atom is -0.497 e. The van der Waals surface area contributed by atoms with Crippen LogP contribution in [0.2, 0.25) is 0 Å². The van der Waals surface area contributed by atoms with E-state index in [4.69, 9.17) is 9.47 Å². The fraction of sp³-hybridized carbons (Fsp3) is 0.435. The number of rotatable bonds is 7. The lowest BCUT2D eigenvalue weighted by atomic mass is 10.1. The van der Waals surface area contributed by atoms with Gasteiger partial charge in [-0.15, -0.1) is 0 Å². The fourth-order valence-corrected chi connectivity index (χ4v) is 3.67. The van der Waals surface area contributed by atoms with Gasteiger partial charge in [-0.2, -0.15) is 13.2 Å². The lowest BCUT2D eigenvalue weighted by molar-refractivity contribution is -0.137. The molecule has 1 unspecified atom stereocenters. The molecule has 1 atom stereocenters. The van der Waals surface area contributed by atoms with Crippen LogP contribution in [-0.4, -0.2) is 65.0 Å². The Morgan fingerprint density at radius 1 is 1.15 bits per heavy atom. The molecule has 10 heteroatoms. The molecule has 1 heterocycles. The normalized spacial score (nSPS) is 15.3. The Hall–Kier alpha value is -2.98. The Kier molecular flexibility index (Phi) is 8.04. The molecule has 0 bridgehead atoms. The Bertz CT molecular complexity index is 930. The van der Waals surface area contributed by atoms with Gasteiger partial charge in [-0.3, -0.25) is 0 Å². The van der Waals surface area contributed by atoms with E-state index in [1.807, 2.05) is 48.2 Å². The maximum atomic E-state index is 13.3. The van der Waals surface area contributed by atoms with Crippen molar-refractivity contribution in [1.82, 2.24) is 10.2 Å². The van der Waals surface area contributed by atoms with Gasteiger partial charge in [0.05, 0.1) is 43.3 Å². The highest BCUT2D eigenvalue weighted by atomic mass is 19.4. The highest BCUT2D eigenvalue weighted by Gasteiger charge is 2.32. The second kappa shape index (κ2) is 10.8. The third-order valence-corrected chi connectivity index (χ3v) is 5.50. The van der Waals surface area contributed by atoms with Gasteiger partial charge in [-0.25, -0.2) is 4.79 Å². The molecule has 2 aromatic carbocycles. The van der Waals surface area contributed by atoms with Crippen molar-refractivity contribution < 1.29 is 27.4 Å². The first-order chi connectivity index (χ1) is 15.7. The number of likely N-dealkylation sites (N-methyl/N-ethyl adjacent to an activating group) is 1. The van der Waals surface area contributed by atoms with Crippen LogP contribution in [0.4, 0.5) is 29.3 Å². The molecule has 2 amide bonds. The van der Waals surface area contributed by atoms with Crippen LogP contribution in [0.25, 0.3) is 0 Å². The van der Waals surface area contributed by atoms with Crippen molar-refractivity contribution >= 4 is 17.4 Å². The van der Waals surface area contributed by atoms with Crippen LogP contribution < -0.4 is 20.3 Å². The van der Waals surface area contributed by atoms with Crippen LogP contribution in [0.5, 0.6) is 5.75 Å². The van der Waals surface area contributed by atoms with Gasteiger partial charge in [0.25, 0.3) is 0 Å². The first-order valence-corrected chi connectivity index (χ1v) is 10.6. The van der Waals surface area contributed by atoms with Crippen LogP contribution in [0.1, 0.15) is 17.2 Å². The van der Waals surface area contributed by atoms with Gasteiger partial charge in [-0.05, 0) is 50.0 Å². The number of methoxy groups -OCH3 is 1. The first-order valence-electron chi connectivity index (χ1n) is 10.6. The van der Waals surface area contributed by atoms with Crippen molar-refractivity contribution in [2.75, 3.05) is 64.3 Å². The van der Waals surface area contributed by atoms with Gasteiger partial charge >= 0.3 is 12.2 Å². The molecule has 0 saturated carbocycles. The predicted molar refractivity (Wildman–Crippen MR) is 121 cm³/mol. The topological polar surface area (TPSA) is 66.1 Å². The number of halogens is 3. The van der Waals surface area contributed by atoms with E-state index in [2.05, 4.69) is 10.6 Å². The first kappa shape index (κ1) is 24.7. The quantitative estimate of drug-likeness (QED) is 0.647. The molecule has 0 aliphatic carbocycles. The number of morpholine rings is 1. The summed E-state index contributed by atoms with van der Waals surface area (Å²) in [6.45, 7) is 2.26. The number of anilines is 2. The van der Waals surface area contributed by atoms with Crippen molar-refractivity contribution in [1.29, 1.82) is 0 Å². The third kappa shape index (κ3) is 6.52. The largest absolute Gasteiger partial charge is 0.497 e. The number of urea groups is 1. The predicted octanol–water partition coefficient (Wildman–Crippen LogP) is 3.98. The molecule has 1 saturated heterocycles. The summed E-state index contributed by atoms with van der Waals surface area (Å²) in [7, 11) is 5.36. The van der Waals surface area contributed by atoms with E-state index < -0.39 is 17.8 Å². The van der Waals surface area contributed by atoms with Crippen LogP contribution in [0, 0.1) is 0 Å². The highest BCUT2D eigenvalue weighted by Crippen LogP contribution is 2.35. The Morgan fingerprint density at radius 2 is 1.82 bits per heavy atom. The van der Waals surface area contributed by atoms with E-state index >= 15 is 0 Å². The molecule has 1 fully saturated rings. The number of ether oxygens (including phenoxy) is 2. The third-order valence-electron chi connectivity index (χ3n) is 5.50. The summed E-state index contributed by atoms with van der Waals surface area (Å²) in [4.78, 5) is 16.5. The number of carbonyl (C=O) groups excluding carboxylic acids is 1. The monoisotopic (exact) mass is 466 g/mol. The van der Waals surface area contributed by atoms with Crippen LogP contribution in [0.15, 0.2) is 42.5 Å². The molecule has 0 aromatic heterocycles. The number of nitrogens with zero attached hydrogens (tertiary/aromatic N) is 2. The summed E-state index contributed by atoms with van der Waals surface area (Å²) in [5.41, 5.74) is 0.782. The summed E-state index contributed by atoms with van der Waals surface area (Å²) in [6, 6.07) is 10.2. The molecule has 7 nitrogen and oxygen atoms in total. The molecular formula is C23H29F3N4O3. The molecule has 1 aliphatic rings. The molecular weight excluding hydrogens is 437 g/mol. The van der Waals surface area contributed by atoms with Gasteiger partial charge in [0, 0.05) is 19.6 Å². The zero-order chi connectivity index (χ0) is 24.0. The zero-order valence-electron chi connectivity index (χ0n) is 18.9. The smallest absolute Gasteiger partial charge is 0.416 e. The Balaban J connectivity index is 1.74. The molecule has 2 N–H and O–H groups in total. The van der Waals surface area contributed by atoms with E-state index in [1.54, 1.807) is 7.11 Å². The maximum Gasteiger partial charge on any atom is 0.416 e. The number of amides is 2. The van der Waals surface area contributed by atoms with Crippen LogP contribution >= 0.6 is 0 Å². The number of benzene rings is 2. The number of carbonyl (C=O) groups is 1. The number of hydrogen-bond acceptors (Lipinski definition) is 5. The van der Waals surface area contributed by atoms with Gasteiger partial charge < -0.3 is 29.9 Å². The molecule has 33 heavy (non-hydrogen) atoms. The van der Waals surface area contributed by atoms with Crippen molar-refractivity contribution in [2.24, 2.45) is 0 Å². The fourth-order valence-electron chi connectivity index (χ4n) is 3.67. The second-order valence-electron chi connectivity index (χ2n) is 7.92. The van der Waals surface area contributed by atoms with Gasteiger partial charge in [0.1, 0.15) is 5.75 Å². The Labute approximate surface area is 191 Å². The van der Waals surface area contributed by atoms with Crippen molar-refractivity contribution in [2.45, 2.75) is 12.2 Å². The number of alkyl halides is 3. The average molecular weight is 467 g/mol. The van der Waals surface area contributed by atoms with Gasteiger partial charge in [0.15, 0.2) is 0 Å². The van der Waals surface area contributed by atoms with Crippen molar-refractivity contribution in [3.05, 3.63) is 53.6 Å². The lowest BCUT2D eigenvalue weighted by Gasteiger charge is -2.31. The molecule has 180 valence electrons. The van der Waals surface area contributed by atoms with Gasteiger partial charge in [0.2, 0.25) is 0 Å². The van der Waals surface area contributed by atoms with Crippen LogP contribution in [0.3, 0.4) is 0 Å². The number of nitrogens with one attached hydrogen (secondary N) is 2. The Morgan fingerprint density at radius 3 is 2.39 bits per heavy atom. The van der Waals surface area contributed by atoms with Crippen LogP contribution in [-0.2, 0) is 10.9 Å². The maximum absolute atomic E-state index is 13.3. The van der Waals surface area contributed by atoms with E-state index in [0.717, 1.165) is 23.4 Å². The van der Waals surface area contributed by atoms with E-state index in [0.29, 0.717) is 32.0 Å². The minimum atomic E-state index is -4.51. The summed E-state index contributed by atoms with van der Waals surface area (Å²) in [6.07, 6.45) is -4.51. The average Bonchev–Trinajstić information content (AvgIpc) is 2.79. The minimum absolute atomic E-state index is 0.107. The van der Waals surface area contributed by atoms with E-state index in [-0.39, 0.29) is 18.3 Å². The summed E-state index contributed by atoms with van der Waals surface area (Å²) in [5, 5.41) is 5.39. The van der Waals surface area contributed by atoms with E-state index in [1.165, 1.54) is 6.07 Å². The lowest BCUT2D eigenvalue weighted by Crippen LogP contribution is -2.39. The molecule has 3 rings (SSSR count). The van der Waals surface area contributed by atoms with Gasteiger partial charge in [-0.1, -0.05) is 12.1 Å². The molecule has 0 radical (unpaired) electrons. The van der Waals surface area contributed by atoms with Crippen molar-refractivity contribution in [3.8, 4) is 5.75 Å². The summed E-state index contributed by atoms with van der Waals surface area (Å²) < 4.78 is 50.4. The SMILES string of the molecule is COc1ccc(C(CNC(=O)Nc2cc(C(F)(F)F)ccc2N2CCOCC2)N(C)C)cc1. The molecule has 0 spiro atoms. The number of hydrogen-bond donors (Lipinski definition) is 2. The second-order valence-corrected chi connectivity index (χ2v) is 7.92. The standard InChI is InChI=1S/C23H29F3N4O3/c1-29(2)21(16-4-7-18(32-3)8-5-16)15-27-22(31)28-19-14-17(23(24,25)26)6-9-20(19)30-10-12-33-13-11-30/h4-9,14,21H,10-13,15H2,1-3H3,(H2,27,28,31). The molecule has 1 aliphatic heterocycles. The summed E-state index contributed by atoms with van der Waals surface area (Å²) >= 11 is 0. The van der Waals surface area contributed by atoms with E-state index in [9.17, 15) is 18.0 Å². The molecule has 2 aromatic rings. The highest BCUT2D eigenvalue weighted by molar-refractivity contribution is 5.93. The summed E-state index contributed by atoms with van der Waals surface area (Å²) in [5.74, 6) is 0.724.